The number of nitrogens with two attached hydrogens (primary N) is 1. The van der Waals surface area contributed by atoms with Crippen LogP contribution in [0.2, 0.25) is 5.02 Å². The van der Waals surface area contributed by atoms with Crippen LogP contribution in [0.4, 0.5) is 0 Å². The molecule has 2 aromatic heterocycles. The first-order chi connectivity index (χ1) is 13.6. The molecule has 1 amide bonds. The average molecular weight is 397 g/mol. The van der Waals surface area contributed by atoms with Crippen molar-refractivity contribution in [3.05, 3.63) is 64.9 Å². The van der Waals surface area contributed by atoms with Gasteiger partial charge in [-0.05, 0) is 36.4 Å². The number of carbonyl (C=O) groups excluding carboxylic acids is 1. The summed E-state index contributed by atoms with van der Waals surface area (Å²) < 4.78 is 11.4. The molecule has 0 radical (unpaired) electrons. The maximum atomic E-state index is 12.2. The molecular formula is C20H17ClN4O3. The Kier molecular flexibility index (Phi) is 4.87. The van der Waals surface area contributed by atoms with Gasteiger partial charge in [-0.2, -0.15) is 0 Å². The Balaban J connectivity index is 1.97. The van der Waals surface area contributed by atoms with Gasteiger partial charge in [0.2, 0.25) is 0 Å². The second-order valence-corrected chi connectivity index (χ2v) is 6.58. The van der Waals surface area contributed by atoms with Gasteiger partial charge in [-0.3, -0.25) is 10.2 Å². The lowest BCUT2D eigenvalue weighted by molar-refractivity contribution is 0.0943. The minimum Gasteiger partial charge on any atom is -0.457 e. The summed E-state index contributed by atoms with van der Waals surface area (Å²) in [6, 6.07) is 12.8. The van der Waals surface area contributed by atoms with Crippen LogP contribution in [-0.2, 0) is 11.3 Å². The van der Waals surface area contributed by atoms with Gasteiger partial charge in [0.05, 0.1) is 29.2 Å². The van der Waals surface area contributed by atoms with Gasteiger partial charge in [-0.15, -0.1) is 0 Å². The molecule has 0 unspecified atom stereocenters. The van der Waals surface area contributed by atoms with Gasteiger partial charge in [0.25, 0.3) is 5.91 Å². The molecule has 2 aromatic carbocycles. The second kappa shape index (κ2) is 7.47. The number of amides is 1. The van der Waals surface area contributed by atoms with Crippen molar-refractivity contribution in [2.24, 2.45) is 5.84 Å². The third-order valence-electron chi connectivity index (χ3n) is 4.40. The third kappa shape index (κ3) is 3.16. The van der Waals surface area contributed by atoms with E-state index in [1.54, 1.807) is 37.6 Å². The molecule has 7 nitrogen and oxygen atoms in total. The highest BCUT2D eigenvalue weighted by Gasteiger charge is 2.20. The molecule has 0 atom stereocenters. The van der Waals surface area contributed by atoms with Crippen LogP contribution in [0.15, 0.2) is 48.7 Å². The quantitative estimate of drug-likeness (QED) is 0.269. The first-order valence-electron chi connectivity index (χ1n) is 8.48. The minimum absolute atomic E-state index is 0.190. The molecule has 4 aromatic rings. The Morgan fingerprint density at radius 2 is 1.96 bits per heavy atom. The number of pyridine rings is 1. The van der Waals surface area contributed by atoms with Gasteiger partial charge in [-0.1, -0.05) is 17.7 Å². The number of hydrogen-bond donors (Lipinski definition) is 3. The van der Waals surface area contributed by atoms with Crippen LogP contribution >= 0.6 is 11.6 Å². The molecule has 2 heterocycles. The zero-order valence-corrected chi connectivity index (χ0v) is 15.7. The van der Waals surface area contributed by atoms with E-state index in [0.29, 0.717) is 22.1 Å². The van der Waals surface area contributed by atoms with Crippen molar-refractivity contribution in [2.75, 3.05) is 7.11 Å². The van der Waals surface area contributed by atoms with E-state index in [2.05, 4.69) is 15.4 Å². The van der Waals surface area contributed by atoms with Crippen molar-refractivity contribution in [1.82, 2.24) is 15.4 Å². The van der Waals surface area contributed by atoms with E-state index < -0.39 is 5.91 Å². The number of halogens is 1. The van der Waals surface area contributed by atoms with Crippen molar-refractivity contribution in [3.63, 3.8) is 0 Å². The van der Waals surface area contributed by atoms with Gasteiger partial charge in [0.15, 0.2) is 0 Å². The highest BCUT2D eigenvalue weighted by Crippen LogP contribution is 2.38. The summed E-state index contributed by atoms with van der Waals surface area (Å²) in [7, 11) is 1.56. The van der Waals surface area contributed by atoms with Gasteiger partial charge < -0.3 is 14.5 Å². The number of ether oxygens (including phenoxy) is 2. The Hall–Kier alpha value is -3.13. The third-order valence-corrected chi connectivity index (χ3v) is 4.65. The topological polar surface area (TPSA) is 102 Å². The summed E-state index contributed by atoms with van der Waals surface area (Å²) in [5.74, 6) is 6.11. The molecule has 0 saturated heterocycles. The lowest BCUT2D eigenvalue weighted by Gasteiger charge is -2.11. The summed E-state index contributed by atoms with van der Waals surface area (Å²) in [5, 5.41) is 2.26. The standard InChI is InChI=1S/C20H17ClN4O3/c1-27-10-13-17-15(9-23-19(13)20(26)25-22)24-14-3-2-4-16(18(14)17)28-12-7-5-11(21)6-8-12/h2-9,24H,10,22H2,1H3,(H,25,26). The van der Waals surface area contributed by atoms with Gasteiger partial charge in [0.1, 0.15) is 17.2 Å². The van der Waals surface area contributed by atoms with Crippen molar-refractivity contribution < 1.29 is 14.3 Å². The summed E-state index contributed by atoms with van der Waals surface area (Å²) in [6.07, 6.45) is 1.60. The van der Waals surface area contributed by atoms with E-state index in [1.807, 2.05) is 18.2 Å². The number of H-pyrrole nitrogens is 1. The lowest BCUT2D eigenvalue weighted by Crippen LogP contribution is -2.31. The van der Waals surface area contributed by atoms with Crippen molar-refractivity contribution in [3.8, 4) is 11.5 Å². The monoisotopic (exact) mass is 396 g/mol. The largest absolute Gasteiger partial charge is 0.457 e. The zero-order chi connectivity index (χ0) is 19.7. The molecule has 0 fully saturated rings. The molecular weight excluding hydrogens is 380 g/mol. The lowest BCUT2D eigenvalue weighted by atomic mass is 10.0. The Morgan fingerprint density at radius 1 is 1.18 bits per heavy atom. The molecule has 0 saturated carbocycles. The summed E-state index contributed by atoms with van der Waals surface area (Å²) in [5.41, 5.74) is 4.59. The normalized spacial score (nSPS) is 11.1. The summed E-state index contributed by atoms with van der Waals surface area (Å²) >= 11 is 5.96. The number of benzene rings is 2. The Labute approximate surface area is 165 Å². The number of nitrogen functional groups attached to an aromatic ring is 1. The molecule has 8 heteroatoms. The smallest absolute Gasteiger partial charge is 0.284 e. The van der Waals surface area contributed by atoms with Crippen molar-refractivity contribution in [1.29, 1.82) is 0 Å². The van der Waals surface area contributed by atoms with E-state index in [4.69, 9.17) is 26.9 Å². The zero-order valence-electron chi connectivity index (χ0n) is 15.0. The molecule has 0 bridgehead atoms. The fraction of sp³-hybridized carbons (Fsp3) is 0.100. The number of aromatic amines is 1. The van der Waals surface area contributed by atoms with Crippen LogP contribution < -0.4 is 16.0 Å². The first kappa shape index (κ1) is 18.2. The van der Waals surface area contributed by atoms with Crippen LogP contribution in [0.25, 0.3) is 21.8 Å². The number of hydrazine groups is 1. The predicted molar refractivity (Wildman–Crippen MR) is 107 cm³/mol. The van der Waals surface area contributed by atoms with E-state index in [0.717, 1.165) is 21.8 Å². The average Bonchev–Trinajstić information content (AvgIpc) is 3.09. The van der Waals surface area contributed by atoms with Gasteiger partial charge in [-0.25, -0.2) is 10.8 Å². The molecule has 4 N–H and O–H groups in total. The van der Waals surface area contributed by atoms with Crippen molar-refractivity contribution >= 4 is 39.3 Å². The highest BCUT2D eigenvalue weighted by atomic mass is 35.5. The van der Waals surface area contributed by atoms with E-state index in [9.17, 15) is 4.79 Å². The van der Waals surface area contributed by atoms with Crippen LogP contribution in [0.5, 0.6) is 11.5 Å². The number of rotatable bonds is 5. The van der Waals surface area contributed by atoms with Crippen LogP contribution in [0.3, 0.4) is 0 Å². The van der Waals surface area contributed by atoms with E-state index in [1.165, 1.54) is 0 Å². The molecule has 0 aliphatic carbocycles. The fourth-order valence-corrected chi connectivity index (χ4v) is 3.36. The highest BCUT2D eigenvalue weighted by molar-refractivity contribution is 6.30. The number of fused-ring (bicyclic) bond motifs is 3. The van der Waals surface area contributed by atoms with E-state index >= 15 is 0 Å². The molecule has 0 aliphatic heterocycles. The molecule has 0 spiro atoms. The SMILES string of the molecule is COCc1c(C(=O)NN)ncc2[nH]c3cccc(Oc4ccc(Cl)cc4)c3c12. The van der Waals surface area contributed by atoms with Gasteiger partial charge in [0, 0.05) is 23.1 Å². The van der Waals surface area contributed by atoms with Crippen molar-refractivity contribution in [2.45, 2.75) is 6.61 Å². The second-order valence-electron chi connectivity index (χ2n) is 6.14. The Morgan fingerprint density at radius 3 is 2.68 bits per heavy atom. The summed E-state index contributed by atoms with van der Waals surface area (Å²) in [4.78, 5) is 19.8. The van der Waals surface area contributed by atoms with Crippen LogP contribution in [0, 0.1) is 0 Å². The Bertz CT molecular complexity index is 1170. The number of carbonyl (C=O) groups is 1. The van der Waals surface area contributed by atoms with Crippen LogP contribution in [-0.4, -0.2) is 23.0 Å². The minimum atomic E-state index is -0.487. The predicted octanol–water partition coefficient (Wildman–Crippen LogP) is 3.91. The number of nitrogens with one attached hydrogen (secondary N) is 2. The molecule has 4 rings (SSSR count). The fourth-order valence-electron chi connectivity index (χ4n) is 3.23. The molecule has 0 aliphatic rings. The summed E-state index contributed by atoms with van der Waals surface area (Å²) in [6.45, 7) is 0.190. The van der Waals surface area contributed by atoms with E-state index in [-0.39, 0.29) is 12.3 Å². The molecule has 28 heavy (non-hydrogen) atoms. The van der Waals surface area contributed by atoms with Gasteiger partial charge >= 0.3 is 0 Å². The molecule has 142 valence electrons. The van der Waals surface area contributed by atoms with Crippen LogP contribution in [0.1, 0.15) is 16.1 Å². The number of nitrogens with zero attached hydrogens (tertiary/aromatic N) is 1. The number of methoxy groups -OCH3 is 1. The maximum absolute atomic E-state index is 12.2. The number of hydrogen-bond acceptors (Lipinski definition) is 5. The first-order valence-corrected chi connectivity index (χ1v) is 8.85. The maximum Gasteiger partial charge on any atom is 0.284 e. The number of aromatic nitrogens is 2.